The molecule has 4 aliphatic rings. The van der Waals surface area contributed by atoms with Crippen LogP contribution in [0.1, 0.15) is 57.2 Å². The molecule has 0 saturated carbocycles. The van der Waals surface area contributed by atoms with E-state index in [0.717, 1.165) is 57.2 Å². The van der Waals surface area contributed by atoms with Gasteiger partial charge >= 0.3 is 0 Å². The number of rotatable bonds is 6. The Kier molecular flexibility index (Phi) is 6.07. The second kappa shape index (κ2) is 8.93. The Morgan fingerprint density at radius 3 is 2.90 bits per heavy atom. The Bertz CT molecular complexity index is 734. The van der Waals surface area contributed by atoms with Crippen LogP contribution in [0.5, 0.6) is 0 Å². The van der Waals surface area contributed by atoms with Crippen molar-refractivity contribution in [3.63, 3.8) is 0 Å². The molecule has 1 aromatic heterocycles. The second-order valence-electron chi connectivity index (χ2n) is 9.52. The molecule has 4 saturated heterocycles. The van der Waals surface area contributed by atoms with E-state index in [1.54, 1.807) is 0 Å². The van der Waals surface area contributed by atoms with Gasteiger partial charge in [-0.2, -0.15) is 4.98 Å². The average Bonchev–Trinajstić information content (AvgIpc) is 3.46. The quantitative estimate of drug-likeness (QED) is 0.753. The van der Waals surface area contributed by atoms with Gasteiger partial charge in [-0.3, -0.25) is 14.6 Å². The third kappa shape index (κ3) is 4.14. The van der Waals surface area contributed by atoms with Crippen molar-refractivity contribution in [3.8, 4) is 0 Å². The van der Waals surface area contributed by atoms with E-state index >= 15 is 0 Å². The predicted molar refractivity (Wildman–Crippen MR) is 111 cm³/mol. The maximum absolute atomic E-state index is 12.6. The van der Waals surface area contributed by atoms with Gasteiger partial charge in [0.15, 0.2) is 5.82 Å². The van der Waals surface area contributed by atoms with E-state index in [2.05, 4.69) is 25.3 Å². The van der Waals surface area contributed by atoms with E-state index in [-0.39, 0.29) is 12.0 Å². The molecule has 5 heterocycles. The van der Waals surface area contributed by atoms with E-state index in [1.165, 1.54) is 32.2 Å². The summed E-state index contributed by atoms with van der Waals surface area (Å²) in [5.74, 6) is 2.86. The number of ether oxygens (including phenoxy) is 1. The number of aryl methyl sites for hydroxylation is 1. The van der Waals surface area contributed by atoms with Crippen molar-refractivity contribution < 1.29 is 14.1 Å². The molecule has 0 unspecified atom stereocenters. The standard InChI is InChI=1S/C22H35N5O3/c1-2-20-24-21(30-25-20)14-26-12-15-10-16(13-26)18(27-8-4-3-6-17(15)27)11-23-22(28)19-7-5-9-29-19/h15-19H,2-14H2,1H3,(H,23,28)/t15-,16+,17+,18+,19+/m1/s1. The smallest absolute Gasteiger partial charge is 0.249 e. The zero-order valence-electron chi connectivity index (χ0n) is 18.1. The number of aromatic nitrogens is 2. The summed E-state index contributed by atoms with van der Waals surface area (Å²) in [5.41, 5.74) is 0. The van der Waals surface area contributed by atoms with Crippen molar-refractivity contribution in [1.82, 2.24) is 25.3 Å². The van der Waals surface area contributed by atoms with Crippen molar-refractivity contribution in [3.05, 3.63) is 11.7 Å². The summed E-state index contributed by atoms with van der Waals surface area (Å²) < 4.78 is 11.0. The number of carbonyl (C=O) groups excluding carboxylic acids is 1. The number of hydrogen-bond acceptors (Lipinski definition) is 7. The van der Waals surface area contributed by atoms with Gasteiger partial charge < -0.3 is 14.6 Å². The number of nitrogens with one attached hydrogen (secondary N) is 1. The molecule has 0 radical (unpaired) electrons. The summed E-state index contributed by atoms with van der Waals surface area (Å²) in [6, 6.07) is 1.05. The van der Waals surface area contributed by atoms with Gasteiger partial charge in [0, 0.05) is 44.7 Å². The van der Waals surface area contributed by atoms with Gasteiger partial charge in [-0.1, -0.05) is 18.5 Å². The number of nitrogens with zero attached hydrogens (tertiary/aromatic N) is 4. The zero-order valence-corrected chi connectivity index (χ0v) is 18.1. The van der Waals surface area contributed by atoms with E-state index in [9.17, 15) is 4.79 Å². The Morgan fingerprint density at radius 1 is 1.20 bits per heavy atom. The minimum atomic E-state index is -0.244. The molecule has 1 amide bonds. The first-order valence-electron chi connectivity index (χ1n) is 11.9. The number of piperidine rings is 3. The molecule has 30 heavy (non-hydrogen) atoms. The lowest BCUT2D eigenvalue weighted by atomic mass is 9.72. The Labute approximate surface area is 178 Å². The fourth-order valence-electron chi connectivity index (χ4n) is 6.21. The van der Waals surface area contributed by atoms with Gasteiger partial charge in [0.2, 0.25) is 11.8 Å². The molecule has 2 bridgehead atoms. The molecule has 5 rings (SSSR count). The fraction of sp³-hybridized carbons (Fsp3) is 0.864. The van der Waals surface area contributed by atoms with Gasteiger partial charge in [0.05, 0.1) is 6.54 Å². The first-order chi connectivity index (χ1) is 14.7. The van der Waals surface area contributed by atoms with Crippen molar-refractivity contribution >= 4 is 5.91 Å². The third-order valence-corrected chi connectivity index (χ3v) is 7.59. The molecular weight excluding hydrogens is 382 g/mol. The molecule has 1 aromatic rings. The second-order valence-corrected chi connectivity index (χ2v) is 9.52. The monoisotopic (exact) mass is 417 g/mol. The van der Waals surface area contributed by atoms with Gasteiger partial charge in [-0.15, -0.1) is 0 Å². The van der Waals surface area contributed by atoms with Gasteiger partial charge in [-0.05, 0) is 50.5 Å². The van der Waals surface area contributed by atoms with E-state index < -0.39 is 0 Å². The van der Waals surface area contributed by atoms with Gasteiger partial charge in [-0.25, -0.2) is 0 Å². The number of hydrogen-bond donors (Lipinski definition) is 1. The molecule has 166 valence electrons. The highest BCUT2D eigenvalue weighted by molar-refractivity contribution is 5.81. The van der Waals surface area contributed by atoms with Crippen molar-refractivity contribution in [1.29, 1.82) is 0 Å². The van der Waals surface area contributed by atoms with Crippen molar-refractivity contribution in [2.75, 3.05) is 32.8 Å². The minimum absolute atomic E-state index is 0.0776. The van der Waals surface area contributed by atoms with E-state index in [0.29, 0.717) is 30.5 Å². The molecule has 8 heteroatoms. The van der Waals surface area contributed by atoms with Crippen LogP contribution in [0, 0.1) is 11.8 Å². The number of fused-ring (bicyclic) bond motifs is 4. The molecule has 4 aliphatic heterocycles. The van der Waals surface area contributed by atoms with E-state index in [4.69, 9.17) is 9.26 Å². The highest BCUT2D eigenvalue weighted by Gasteiger charge is 2.47. The summed E-state index contributed by atoms with van der Waals surface area (Å²) in [4.78, 5) is 22.3. The van der Waals surface area contributed by atoms with Gasteiger partial charge in [0.1, 0.15) is 6.10 Å². The predicted octanol–water partition coefficient (Wildman–Crippen LogP) is 1.60. The SMILES string of the molecule is CCc1noc(CN2C[C@H]3C[C@@H](C2)[C@H](CNC(=O)[C@@H]2CCCO2)N2CCCC[C@@H]32)n1. The number of likely N-dealkylation sites (tertiary alicyclic amines) is 1. The molecule has 0 spiro atoms. The zero-order chi connectivity index (χ0) is 20.5. The van der Waals surface area contributed by atoms with E-state index in [1.807, 2.05) is 6.92 Å². The molecule has 8 nitrogen and oxygen atoms in total. The van der Waals surface area contributed by atoms with Crippen LogP contribution >= 0.6 is 0 Å². The summed E-state index contributed by atoms with van der Waals surface area (Å²) in [6.45, 7) is 7.54. The van der Waals surface area contributed by atoms with Gasteiger partial charge in [0.25, 0.3) is 0 Å². The molecule has 1 N–H and O–H groups in total. The van der Waals surface area contributed by atoms with Crippen LogP contribution in [0.25, 0.3) is 0 Å². The highest BCUT2D eigenvalue weighted by atomic mass is 16.5. The van der Waals surface area contributed by atoms with Crippen LogP contribution in [0.3, 0.4) is 0 Å². The maximum Gasteiger partial charge on any atom is 0.249 e. The largest absolute Gasteiger partial charge is 0.368 e. The maximum atomic E-state index is 12.6. The highest BCUT2D eigenvalue weighted by Crippen LogP contribution is 2.41. The first-order valence-corrected chi connectivity index (χ1v) is 11.9. The minimum Gasteiger partial charge on any atom is -0.368 e. The van der Waals surface area contributed by atoms with Crippen molar-refractivity contribution in [2.24, 2.45) is 11.8 Å². The van der Waals surface area contributed by atoms with Crippen molar-refractivity contribution in [2.45, 2.75) is 76.6 Å². The summed E-state index contributed by atoms with van der Waals surface area (Å²) in [6.07, 6.45) is 7.55. The van der Waals surface area contributed by atoms with Crippen LogP contribution in [-0.4, -0.2) is 76.8 Å². The Morgan fingerprint density at radius 2 is 2.10 bits per heavy atom. The molecule has 0 aliphatic carbocycles. The first kappa shape index (κ1) is 20.4. The fourth-order valence-corrected chi connectivity index (χ4v) is 6.21. The normalized spacial score (nSPS) is 34.6. The lowest BCUT2D eigenvalue weighted by Gasteiger charge is -2.56. The average molecular weight is 418 g/mol. The van der Waals surface area contributed by atoms with Crippen LogP contribution < -0.4 is 5.32 Å². The molecule has 0 aromatic carbocycles. The molecule has 5 atom stereocenters. The van der Waals surface area contributed by atoms with Crippen LogP contribution in [0.2, 0.25) is 0 Å². The topological polar surface area (TPSA) is 83.7 Å². The van der Waals surface area contributed by atoms with Crippen LogP contribution in [0.4, 0.5) is 0 Å². The lowest BCUT2D eigenvalue weighted by molar-refractivity contribution is -0.131. The summed E-state index contributed by atoms with van der Waals surface area (Å²) >= 11 is 0. The van der Waals surface area contributed by atoms with Crippen LogP contribution in [-0.2, 0) is 22.5 Å². The third-order valence-electron chi connectivity index (χ3n) is 7.59. The Hall–Kier alpha value is -1.51. The lowest BCUT2D eigenvalue weighted by Crippen LogP contribution is -2.65. The molecular formula is C22H35N5O3. The number of amides is 1. The summed E-state index contributed by atoms with van der Waals surface area (Å²) in [7, 11) is 0. The Balaban J connectivity index is 1.27. The number of carbonyl (C=O) groups is 1. The summed E-state index contributed by atoms with van der Waals surface area (Å²) in [5, 5.41) is 7.30. The van der Waals surface area contributed by atoms with Crippen LogP contribution in [0.15, 0.2) is 4.52 Å². The molecule has 4 fully saturated rings.